The molecule has 1 rings (SSSR count). The van der Waals surface area contributed by atoms with Gasteiger partial charge in [0.2, 0.25) is 5.95 Å². The quantitative estimate of drug-likeness (QED) is 0.551. The van der Waals surface area contributed by atoms with Gasteiger partial charge in [0.1, 0.15) is 10.6 Å². The molecular weight excluding hydrogens is 230 g/mol. The summed E-state index contributed by atoms with van der Waals surface area (Å²) in [4.78, 5) is 2.25. The standard InChI is InChI=1S/C7H3BrF2N2/c8-5(2-11)4-1-7(10)12-3-6(4)9/h1,3,5H. The lowest BCUT2D eigenvalue weighted by atomic mass is 10.2. The molecule has 0 aromatic carbocycles. The highest BCUT2D eigenvalue weighted by Gasteiger charge is 2.12. The summed E-state index contributed by atoms with van der Waals surface area (Å²) in [5.74, 6) is -1.49. The van der Waals surface area contributed by atoms with E-state index in [-0.39, 0.29) is 5.56 Å². The maximum absolute atomic E-state index is 12.8. The summed E-state index contributed by atoms with van der Waals surface area (Å²) in [7, 11) is 0. The van der Waals surface area contributed by atoms with Gasteiger partial charge in [0.15, 0.2) is 0 Å². The Balaban J connectivity index is 3.15. The SMILES string of the molecule is N#CC(Br)c1cc(F)ncc1F. The van der Waals surface area contributed by atoms with Crippen molar-refractivity contribution in [2.45, 2.75) is 4.83 Å². The van der Waals surface area contributed by atoms with Gasteiger partial charge in [-0.1, -0.05) is 15.9 Å². The van der Waals surface area contributed by atoms with E-state index in [4.69, 9.17) is 5.26 Å². The van der Waals surface area contributed by atoms with Crippen molar-refractivity contribution in [1.29, 1.82) is 5.26 Å². The smallest absolute Gasteiger partial charge is 0.213 e. The normalized spacial score (nSPS) is 12.2. The van der Waals surface area contributed by atoms with Gasteiger partial charge in [0.25, 0.3) is 0 Å². The highest BCUT2D eigenvalue weighted by molar-refractivity contribution is 9.09. The van der Waals surface area contributed by atoms with Crippen molar-refractivity contribution in [3.05, 3.63) is 29.6 Å². The summed E-state index contributed by atoms with van der Waals surface area (Å²) >= 11 is 2.87. The molecule has 0 spiro atoms. The Morgan fingerprint density at radius 3 is 2.83 bits per heavy atom. The minimum absolute atomic E-state index is 0.0370. The van der Waals surface area contributed by atoms with E-state index in [2.05, 4.69) is 20.9 Å². The van der Waals surface area contributed by atoms with Crippen LogP contribution >= 0.6 is 15.9 Å². The second-order valence-corrected chi connectivity index (χ2v) is 2.94. The molecule has 1 unspecified atom stereocenters. The van der Waals surface area contributed by atoms with E-state index in [0.717, 1.165) is 12.3 Å². The average Bonchev–Trinajstić information content (AvgIpc) is 2.08. The Kier molecular flexibility index (Phi) is 2.71. The molecule has 0 aliphatic rings. The lowest BCUT2D eigenvalue weighted by Crippen LogP contribution is -1.95. The highest BCUT2D eigenvalue weighted by atomic mass is 79.9. The number of pyridine rings is 1. The number of alkyl halides is 1. The van der Waals surface area contributed by atoms with Crippen molar-refractivity contribution in [2.24, 2.45) is 0 Å². The second-order valence-electron chi connectivity index (χ2n) is 2.02. The lowest BCUT2D eigenvalue weighted by Gasteiger charge is -2.01. The van der Waals surface area contributed by atoms with Crippen LogP contribution in [0.4, 0.5) is 8.78 Å². The molecule has 0 radical (unpaired) electrons. The Morgan fingerprint density at radius 2 is 2.25 bits per heavy atom. The third-order valence-corrected chi connectivity index (χ3v) is 1.94. The van der Waals surface area contributed by atoms with E-state index in [1.807, 2.05) is 0 Å². The fourth-order valence-electron chi connectivity index (χ4n) is 0.691. The fourth-order valence-corrected chi connectivity index (χ4v) is 1.04. The topological polar surface area (TPSA) is 36.7 Å². The molecule has 0 aliphatic heterocycles. The number of hydrogen-bond acceptors (Lipinski definition) is 2. The summed E-state index contributed by atoms with van der Waals surface area (Å²) in [6, 6.07) is 2.62. The van der Waals surface area contributed by atoms with Crippen LogP contribution in [0.15, 0.2) is 12.3 Å². The number of nitriles is 1. The van der Waals surface area contributed by atoms with Crippen molar-refractivity contribution in [3.63, 3.8) is 0 Å². The largest absolute Gasteiger partial charge is 0.225 e. The van der Waals surface area contributed by atoms with Gasteiger partial charge in [-0.3, -0.25) is 0 Å². The molecule has 0 aliphatic carbocycles. The van der Waals surface area contributed by atoms with Crippen molar-refractivity contribution in [1.82, 2.24) is 4.98 Å². The van der Waals surface area contributed by atoms with Gasteiger partial charge in [-0.05, 0) is 0 Å². The zero-order chi connectivity index (χ0) is 9.14. The molecular formula is C7H3BrF2N2. The van der Waals surface area contributed by atoms with Crippen molar-refractivity contribution < 1.29 is 8.78 Å². The predicted octanol–water partition coefficient (Wildman–Crippen LogP) is 2.32. The summed E-state index contributed by atoms with van der Waals surface area (Å²) in [6.07, 6.45) is 0.746. The van der Waals surface area contributed by atoms with Gasteiger partial charge >= 0.3 is 0 Å². The Bertz CT molecular complexity index is 335. The first-order valence-electron chi connectivity index (χ1n) is 2.99. The third kappa shape index (κ3) is 1.77. The van der Waals surface area contributed by atoms with E-state index < -0.39 is 16.6 Å². The van der Waals surface area contributed by atoms with E-state index in [0.29, 0.717) is 0 Å². The second kappa shape index (κ2) is 3.59. The monoisotopic (exact) mass is 232 g/mol. The first-order valence-corrected chi connectivity index (χ1v) is 3.91. The van der Waals surface area contributed by atoms with Crippen LogP contribution in [0.1, 0.15) is 10.4 Å². The Hall–Kier alpha value is -1.02. The van der Waals surface area contributed by atoms with Gasteiger partial charge in [0.05, 0.1) is 12.3 Å². The summed E-state index contributed by atoms with van der Waals surface area (Å²) in [5.41, 5.74) is -0.0370. The fraction of sp³-hybridized carbons (Fsp3) is 0.143. The minimum Gasteiger partial charge on any atom is -0.225 e. The summed E-state index contributed by atoms with van der Waals surface area (Å²) < 4.78 is 25.2. The van der Waals surface area contributed by atoms with Crippen LogP contribution < -0.4 is 0 Å². The number of nitrogens with zero attached hydrogens (tertiary/aromatic N) is 2. The molecule has 12 heavy (non-hydrogen) atoms. The van der Waals surface area contributed by atoms with Gasteiger partial charge < -0.3 is 0 Å². The summed E-state index contributed by atoms with van der Waals surface area (Å²) in [5, 5.41) is 8.40. The number of hydrogen-bond donors (Lipinski definition) is 0. The molecule has 1 atom stereocenters. The molecule has 0 saturated carbocycles. The maximum Gasteiger partial charge on any atom is 0.213 e. The molecule has 1 aromatic heterocycles. The molecule has 0 amide bonds. The van der Waals surface area contributed by atoms with Crippen LogP contribution in [0.5, 0.6) is 0 Å². The van der Waals surface area contributed by atoms with Crippen molar-refractivity contribution in [3.8, 4) is 6.07 Å². The van der Waals surface area contributed by atoms with Gasteiger partial charge in [-0.15, -0.1) is 0 Å². The molecule has 0 bridgehead atoms. The highest BCUT2D eigenvalue weighted by Crippen LogP contribution is 2.23. The van der Waals surface area contributed by atoms with Crippen LogP contribution in [0, 0.1) is 23.1 Å². The van der Waals surface area contributed by atoms with Crippen LogP contribution in [0.25, 0.3) is 0 Å². The molecule has 0 N–H and O–H groups in total. The first kappa shape index (κ1) is 9.07. The van der Waals surface area contributed by atoms with Gasteiger partial charge in [-0.25, -0.2) is 9.37 Å². The van der Waals surface area contributed by atoms with Crippen molar-refractivity contribution in [2.75, 3.05) is 0 Å². The molecule has 2 nitrogen and oxygen atoms in total. The molecule has 1 aromatic rings. The van der Waals surface area contributed by atoms with Crippen LogP contribution in [0.3, 0.4) is 0 Å². The van der Waals surface area contributed by atoms with Crippen molar-refractivity contribution >= 4 is 15.9 Å². The molecule has 1 heterocycles. The van der Waals surface area contributed by atoms with E-state index >= 15 is 0 Å². The third-order valence-electron chi connectivity index (χ3n) is 1.24. The van der Waals surface area contributed by atoms with Crippen LogP contribution in [-0.4, -0.2) is 4.98 Å². The van der Waals surface area contributed by atoms with E-state index in [9.17, 15) is 8.78 Å². The molecule has 0 fully saturated rings. The first-order chi connectivity index (χ1) is 5.65. The lowest BCUT2D eigenvalue weighted by molar-refractivity contribution is 0.552. The molecule has 0 saturated heterocycles. The van der Waals surface area contributed by atoms with Gasteiger partial charge in [-0.2, -0.15) is 9.65 Å². The van der Waals surface area contributed by atoms with Crippen LogP contribution in [-0.2, 0) is 0 Å². The van der Waals surface area contributed by atoms with Crippen LogP contribution in [0.2, 0.25) is 0 Å². The van der Waals surface area contributed by atoms with E-state index in [1.54, 1.807) is 6.07 Å². The average molecular weight is 233 g/mol. The number of halogens is 3. The van der Waals surface area contributed by atoms with Gasteiger partial charge in [0, 0.05) is 11.6 Å². The number of rotatable bonds is 1. The Labute approximate surface area is 76.0 Å². The van der Waals surface area contributed by atoms with E-state index in [1.165, 1.54) is 0 Å². The maximum atomic E-state index is 12.8. The molecule has 62 valence electrons. The zero-order valence-corrected chi connectivity index (χ0v) is 7.35. The molecule has 5 heteroatoms. The minimum atomic E-state index is -0.838. The zero-order valence-electron chi connectivity index (χ0n) is 5.76. The Morgan fingerprint density at radius 1 is 1.58 bits per heavy atom. The summed E-state index contributed by atoms with van der Waals surface area (Å²) in [6.45, 7) is 0. The number of aromatic nitrogens is 1. The predicted molar refractivity (Wildman–Crippen MR) is 41.4 cm³/mol.